The van der Waals surface area contributed by atoms with Gasteiger partial charge in [0.05, 0.1) is 11.4 Å². The summed E-state index contributed by atoms with van der Waals surface area (Å²) in [5.74, 6) is 0. The van der Waals surface area contributed by atoms with Gasteiger partial charge < -0.3 is 11.5 Å². The fraction of sp³-hybridized carbons (Fsp3) is 0. The van der Waals surface area contributed by atoms with Crippen LogP contribution in [0.15, 0.2) is 46.2 Å². The minimum Gasteiger partial charge on any atom is -0.397 e. The molecular formula is C16H12N2S2. The van der Waals surface area contributed by atoms with Gasteiger partial charge >= 0.3 is 0 Å². The maximum Gasteiger partial charge on any atom is 0.0536 e. The van der Waals surface area contributed by atoms with Gasteiger partial charge in [0.25, 0.3) is 0 Å². The van der Waals surface area contributed by atoms with Gasteiger partial charge in [0.1, 0.15) is 0 Å². The average molecular weight is 296 g/mol. The smallest absolute Gasteiger partial charge is 0.0536 e. The first-order chi connectivity index (χ1) is 9.61. The highest BCUT2D eigenvalue weighted by Crippen LogP contribution is 2.46. The summed E-state index contributed by atoms with van der Waals surface area (Å²) in [6.45, 7) is 0. The number of thiol groups is 2. The molecule has 4 aromatic carbocycles. The van der Waals surface area contributed by atoms with Crippen LogP contribution in [0.2, 0.25) is 0 Å². The molecule has 98 valence electrons. The molecule has 20 heavy (non-hydrogen) atoms. The van der Waals surface area contributed by atoms with Crippen molar-refractivity contribution in [1.82, 2.24) is 0 Å². The van der Waals surface area contributed by atoms with E-state index >= 15 is 0 Å². The molecule has 2 nitrogen and oxygen atoms in total. The Labute approximate surface area is 126 Å². The molecule has 0 radical (unpaired) electrons. The van der Waals surface area contributed by atoms with Crippen molar-refractivity contribution < 1.29 is 0 Å². The summed E-state index contributed by atoms with van der Waals surface area (Å²) in [4.78, 5) is 1.63. The zero-order valence-corrected chi connectivity index (χ0v) is 12.3. The van der Waals surface area contributed by atoms with Gasteiger partial charge in [-0.05, 0) is 16.2 Å². The zero-order valence-electron chi connectivity index (χ0n) is 10.5. The normalized spacial score (nSPS) is 11.9. The molecule has 4 aromatic rings. The standard InChI is InChI=1S/C16H12N2S2/c17-13-7-3-1-4-8-11(7)12-9(15(13)19)5-2-6-10(12)16(20)14(8)18/h1-6,19-20H,17-18H2. The molecule has 0 aromatic heterocycles. The van der Waals surface area contributed by atoms with Crippen LogP contribution in [0.25, 0.3) is 32.3 Å². The van der Waals surface area contributed by atoms with E-state index in [9.17, 15) is 0 Å². The van der Waals surface area contributed by atoms with Crippen LogP contribution in [0.5, 0.6) is 0 Å². The first kappa shape index (κ1) is 12.0. The lowest BCUT2D eigenvalue weighted by atomic mass is 9.92. The highest BCUT2D eigenvalue weighted by atomic mass is 32.1. The summed E-state index contributed by atoms with van der Waals surface area (Å²) in [7, 11) is 0. The molecule has 0 aliphatic heterocycles. The minimum absolute atomic E-state index is 0.699. The van der Waals surface area contributed by atoms with E-state index in [0.29, 0.717) is 11.4 Å². The van der Waals surface area contributed by atoms with Gasteiger partial charge in [-0.2, -0.15) is 0 Å². The van der Waals surface area contributed by atoms with Crippen LogP contribution >= 0.6 is 25.3 Å². The third-order valence-corrected chi connectivity index (χ3v) is 4.94. The van der Waals surface area contributed by atoms with Crippen LogP contribution in [0.3, 0.4) is 0 Å². The van der Waals surface area contributed by atoms with Gasteiger partial charge in [-0.25, -0.2) is 0 Å². The molecular weight excluding hydrogens is 284 g/mol. The lowest BCUT2D eigenvalue weighted by molar-refractivity contribution is 1.55. The number of hydrogen-bond acceptors (Lipinski definition) is 4. The van der Waals surface area contributed by atoms with E-state index in [1.54, 1.807) is 0 Å². The quantitative estimate of drug-likeness (QED) is 0.222. The zero-order chi connectivity index (χ0) is 14.0. The molecule has 0 aliphatic rings. The summed E-state index contributed by atoms with van der Waals surface area (Å²) in [5.41, 5.74) is 13.9. The Morgan fingerprint density at radius 3 is 1.40 bits per heavy atom. The molecule has 0 amide bonds. The molecule has 4 heteroatoms. The van der Waals surface area contributed by atoms with Crippen LogP contribution in [0.1, 0.15) is 0 Å². The number of hydrogen-bond donors (Lipinski definition) is 4. The Kier molecular flexibility index (Phi) is 2.32. The van der Waals surface area contributed by atoms with Crippen molar-refractivity contribution in [2.24, 2.45) is 0 Å². The van der Waals surface area contributed by atoms with Crippen LogP contribution in [0.4, 0.5) is 11.4 Å². The van der Waals surface area contributed by atoms with E-state index in [4.69, 9.17) is 11.5 Å². The number of nitrogen functional groups attached to an aromatic ring is 2. The molecule has 0 spiro atoms. The number of anilines is 2. The van der Waals surface area contributed by atoms with Crippen molar-refractivity contribution in [2.45, 2.75) is 9.79 Å². The van der Waals surface area contributed by atoms with E-state index in [2.05, 4.69) is 25.3 Å². The van der Waals surface area contributed by atoms with Crippen molar-refractivity contribution >= 4 is 68.9 Å². The molecule has 0 saturated heterocycles. The lowest BCUT2D eigenvalue weighted by Crippen LogP contribution is -1.97. The second-order valence-electron chi connectivity index (χ2n) is 4.98. The van der Waals surface area contributed by atoms with Crippen LogP contribution < -0.4 is 11.5 Å². The van der Waals surface area contributed by atoms with Gasteiger partial charge in [0.15, 0.2) is 0 Å². The third kappa shape index (κ3) is 1.28. The lowest BCUT2D eigenvalue weighted by Gasteiger charge is -2.18. The largest absolute Gasteiger partial charge is 0.397 e. The maximum atomic E-state index is 6.26. The molecule has 0 bridgehead atoms. The van der Waals surface area contributed by atoms with Gasteiger partial charge in [0.2, 0.25) is 0 Å². The van der Waals surface area contributed by atoms with Crippen molar-refractivity contribution in [2.75, 3.05) is 11.5 Å². The summed E-state index contributed by atoms with van der Waals surface area (Å²) in [6.07, 6.45) is 0. The van der Waals surface area contributed by atoms with Gasteiger partial charge in [-0.3, -0.25) is 0 Å². The highest BCUT2D eigenvalue weighted by molar-refractivity contribution is 7.81. The fourth-order valence-electron chi connectivity index (χ4n) is 3.03. The Balaban J connectivity index is 2.54. The number of benzene rings is 4. The highest BCUT2D eigenvalue weighted by Gasteiger charge is 2.17. The minimum atomic E-state index is 0.699. The molecule has 0 atom stereocenters. The van der Waals surface area contributed by atoms with E-state index in [1.165, 1.54) is 0 Å². The second kappa shape index (κ2) is 3.87. The predicted molar refractivity (Wildman–Crippen MR) is 93.5 cm³/mol. The van der Waals surface area contributed by atoms with Gasteiger partial charge in [-0.1, -0.05) is 36.4 Å². The molecule has 0 aliphatic carbocycles. The molecule has 4 N–H and O–H groups in total. The van der Waals surface area contributed by atoms with Gasteiger partial charge in [-0.15, -0.1) is 25.3 Å². The summed E-state index contributed by atoms with van der Waals surface area (Å²) < 4.78 is 0. The van der Waals surface area contributed by atoms with Crippen molar-refractivity contribution in [3.8, 4) is 0 Å². The average Bonchev–Trinajstić information content (AvgIpc) is 2.48. The van der Waals surface area contributed by atoms with E-state index in [0.717, 1.165) is 42.1 Å². The Morgan fingerprint density at radius 2 is 0.950 bits per heavy atom. The van der Waals surface area contributed by atoms with Crippen LogP contribution in [-0.4, -0.2) is 0 Å². The van der Waals surface area contributed by atoms with Crippen LogP contribution in [-0.2, 0) is 0 Å². The summed E-state index contributed by atoms with van der Waals surface area (Å²) >= 11 is 9.20. The summed E-state index contributed by atoms with van der Waals surface area (Å²) in [6, 6.07) is 12.1. The van der Waals surface area contributed by atoms with Crippen LogP contribution in [0, 0.1) is 0 Å². The monoisotopic (exact) mass is 296 g/mol. The first-order valence-electron chi connectivity index (χ1n) is 6.26. The number of rotatable bonds is 0. The summed E-state index contributed by atoms with van der Waals surface area (Å²) in [5, 5.41) is 6.32. The second-order valence-corrected chi connectivity index (χ2v) is 5.88. The molecule has 0 unspecified atom stereocenters. The molecule has 4 rings (SSSR count). The Bertz CT molecular complexity index is 839. The van der Waals surface area contributed by atoms with Crippen molar-refractivity contribution in [3.05, 3.63) is 36.4 Å². The SMILES string of the molecule is Nc1c(S)c2cccc3c(S)c(N)c4cccc1c4c23. The molecule has 0 fully saturated rings. The van der Waals surface area contributed by atoms with Crippen molar-refractivity contribution in [1.29, 1.82) is 0 Å². The molecule has 0 heterocycles. The van der Waals surface area contributed by atoms with E-state index in [-0.39, 0.29) is 0 Å². The Morgan fingerprint density at radius 1 is 0.600 bits per heavy atom. The maximum absolute atomic E-state index is 6.26. The predicted octanol–water partition coefficient (Wildman–Crippen LogP) is 4.33. The fourth-order valence-corrected chi connectivity index (χ4v) is 3.65. The van der Waals surface area contributed by atoms with E-state index in [1.807, 2.05) is 36.4 Å². The van der Waals surface area contributed by atoms with E-state index < -0.39 is 0 Å². The number of nitrogens with two attached hydrogens (primary N) is 2. The van der Waals surface area contributed by atoms with Crippen molar-refractivity contribution in [3.63, 3.8) is 0 Å². The third-order valence-electron chi connectivity index (χ3n) is 3.98. The topological polar surface area (TPSA) is 52.0 Å². The molecule has 0 saturated carbocycles. The first-order valence-corrected chi connectivity index (χ1v) is 7.16. The Hall–Kier alpha value is -1.78. The van der Waals surface area contributed by atoms with Gasteiger partial charge in [0, 0.05) is 25.9 Å².